The van der Waals surface area contributed by atoms with Gasteiger partial charge in [-0.3, -0.25) is 0 Å². The maximum absolute atomic E-state index is 5.94. The topological polar surface area (TPSA) is 52.0 Å². The lowest BCUT2D eigenvalue weighted by Gasteiger charge is -2.05. The summed E-state index contributed by atoms with van der Waals surface area (Å²) < 4.78 is 5.18. The number of aryl methyl sites for hydroxylation is 1. The van der Waals surface area contributed by atoms with Gasteiger partial charge in [0.1, 0.15) is 5.69 Å². The van der Waals surface area contributed by atoms with Crippen LogP contribution in [0.2, 0.25) is 5.02 Å². The summed E-state index contributed by atoms with van der Waals surface area (Å²) in [6, 6.07) is 15.5. The zero-order valence-electron chi connectivity index (χ0n) is 10.9. The summed E-state index contributed by atoms with van der Waals surface area (Å²) >= 11 is 5.92. The molecule has 0 fully saturated rings. The second-order valence-corrected chi connectivity index (χ2v) is 5.03. The number of anilines is 1. The maximum Gasteiger partial charge on any atom is 0.230 e. The van der Waals surface area contributed by atoms with Crippen LogP contribution < -0.4 is 5.73 Å². The van der Waals surface area contributed by atoms with E-state index >= 15 is 0 Å². The van der Waals surface area contributed by atoms with E-state index in [2.05, 4.69) is 5.16 Å². The minimum absolute atomic E-state index is 0.311. The smallest absolute Gasteiger partial charge is 0.230 e. The van der Waals surface area contributed by atoms with E-state index in [1.807, 2.05) is 55.5 Å². The maximum atomic E-state index is 5.94. The summed E-state index contributed by atoms with van der Waals surface area (Å²) in [6.07, 6.45) is 0. The largest absolute Gasteiger partial charge is 0.367 e. The van der Waals surface area contributed by atoms with Crippen LogP contribution in [0.15, 0.2) is 53.1 Å². The van der Waals surface area contributed by atoms with Gasteiger partial charge in [-0.05, 0) is 30.2 Å². The summed E-state index contributed by atoms with van der Waals surface area (Å²) in [4.78, 5) is 0. The van der Waals surface area contributed by atoms with Gasteiger partial charge in [-0.15, -0.1) is 0 Å². The van der Waals surface area contributed by atoms with Crippen LogP contribution in [0.25, 0.3) is 22.4 Å². The molecule has 0 bridgehead atoms. The van der Waals surface area contributed by atoms with Gasteiger partial charge in [0.05, 0.1) is 5.56 Å². The zero-order valence-corrected chi connectivity index (χ0v) is 11.7. The minimum Gasteiger partial charge on any atom is -0.367 e. The molecule has 0 spiro atoms. The molecule has 0 saturated heterocycles. The van der Waals surface area contributed by atoms with Crippen molar-refractivity contribution in [3.63, 3.8) is 0 Å². The molecule has 0 radical (unpaired) electrons. The Bertz CT molecular complexity index is 747. The standard InChI is InChI=1S/C16H13ClN2O/c1-10-4-2-3-5-13(10)15-14(16(18)20-19-15)11-6-8-12(17)9-7-11/h2-9H,18H2,1H3. The highest BCUT2D eigenvalue weighted by Crippen LogP contribution is 2.37. The van der Waals surface area contributed by atoms with Gasteiger partial charge < -0.3 is 10.3 Å². The summed E-state index contributed by atoms with van der Waals surface area (Å²) in [5.74, 6) is 0.311. The van der Waals surface area contributed by atoms with Crippen molar-refractivity contribution in [3.8, 4) is 22.4 Å². The summed E-state index contributed by atoms with van der Waals surface area (Å²) in [5.41, 5.74) is 10.6. The van der Waals surface area contributed by atoms with Gasteiger partial charge in [-0.25, -0.2) is 0 Å². The van der Waals surface area contributed by atoms with Crippen LogP contribution in [0.3, 0.4) is 0 Å². The molecule has 0 aliphatic carbocycles. The van der Waals surface area contributed by atoms with Crippen molar-refractivity contribution in [1.29, 1.82) is 0 Å². The first-order chi connectivity index (χ1) is 9.66. The molecule has 0 saturated carbocycles. The van der Waals surface area contributed by atoms with Crippen LogP contribution in [0.1, 0.15) is 5.56 Å². The Labute approximate surface area is 122 Å². The van der Waals surface area contributed by atoms with Gasteiger partial charge in [-0.1, -0.05) is 53.2 Å². The number of rotatable bonds is 2. The molecule has 2 aromatic carbocycles. The van der Waals surface area contributed by atoms with Crippen LogP contribution in [0.4, 0.5) is 5.88 Å². The van der Waals surface area contributed by atoms with Crippen LogP contribution in [0, 0.1) is 6.92 Å². The second kappa shape index (κ2) is 5.02. The third-order valence-corrected chi connectivity index (χ3v) is 3.50. The lowest BCUT2D eigenvalue weighted by atomic mass is 9.98. The monoisotopic (exact) mass is 284 g/mol. The van der Waals surface area contributed by atoms with Gasteiger partial charge in [-0.2, -0.15) is 0 Å². The molecular formula is C16H13ClN2O. The lowest BCUT2D eigenvalue weighted by Crippen LogP contribution is -1.89. The normalized spacial score (nSPS) is 10.7. The molecule has 3 rings (SSSR count). The molecule has 3 aromatic rings. The first kappa shape index (κ1) is 12.8. The molecule has 0 amide bonds. The van der Waals surface area contributed by atoms with E-state index < -0.39 is 0 Å². The molecule has 1 heterocycles. The molecule has 4 heteroatoms. The Morgan fingerprint density at radius 1 is 1.05 bits per heavy atom. The van der Waals surface area contributed by atoms with E-state index in [-0.39, 0.29) is 0 Å². The van der Waals surface area contributed by atoms with E-state index in [9.17, 15) is 0 Å². The van der Waals surface area contributed by atoms with E-state index in [0.717, 1.165) is 27.9 Å². The summed E-state index contributed by atoms with van der Waals surface area (Å²) in [7, 11) is 0. The fourth-order valence-electron chi connectivity index (χ4n) is 2.22. The number of nitrogens with zero attached hydrogens (tertiary/aromatic N) is 1. The average Bonchev–Trinajstić information content (AvgIpc) is 2.82. The third-order valence-electron chi connectivity index (χ3n) is 3.25. The van der Waals surface area contributed by atoms with Crippen LogP contribution >= 0.6 is 11.6 Å². The fourth-order valence-corrected chi connectivity index (χ4v) is 2.35. The van der Waals surface area contributed by atoms with Crippen LogP contribution in [-0.4, -0.2) is 5.16 Å². The second-order valence-electron chi connectivity index (χ2n) is 4.59. The molecule has 100 valence electrons. The first-order valence-electron chi connectivity index (χ1n) is 6.24. The van der Waals surface area contributed by atoms with Crippen molar-refractivity contribution in [2.24, 2.45) is 0 Å². The highest BCUT2D eigenvalue weighted by atomic mass is 35.5. The van der Waals surface area contributed by atoms with Crippen LogP contribution in [-0.2, 0) is 0 Å². The Kier molecular flexibility index (Phi) is 3.20. The van der Waals surface area contributed by atoms with E-state index in [1.54, 1.807) is 0 Å². The van der Waals surface area contributed by atoms with Crippen molar-refractivity contribution >= 4 is 17.5 Å². The predicted octanol–water partition coefficient (Wildman–Crippen LogP) is 4.55. The van der Waals surface area contributed by atoms with Crippen molar-refractivity contribution in [2.45, 2.75) is 6.92 Å². The van der Waals surface area contributed by atoms with Crippen molar-refractivity contribution < 1.29 is 4.52 Å². The Morgan fingerprint density at radius 3 is 2.45 bits per heavy atom. The molecule has 2 N–H and O–H groups in total. The Morgan fingerprint density at radius 2 is 1.75 bits per heavy atom. The molecule has 3 nitrogen and oxygen atoms in total. The Balaban J connectivity index is 2.20. The van der Waals surface area contributed by atoms with Gasteiger partial charge in [0.15, 0.2) is 0 Å². The van der Waals surface area contributed by atoms with Gasteiger partial charge in [0.25, 0.3) is 0 Å². The lowest BCUT2D eigenvalue weighted by molar-refractivity contribution is 0.439. The minimum atomic E-state index is 0.311. The number of nitrogens with two attached hydrogens (primary N) is 1. The number of halogens is 1. The molecule has 20 heavy (non-hydrogen) atoms. The van der Waals surface area contributed by atoms with Crippen molar-refractivity contribution in [1.82, 2.24) is 5.16 Å². The molecular weight excluding hydrogens is 272 g/mol. The quantitative estimate of drug-likeness (QED) is 0.751. The van der Waals surface area contributed by atoms with E-state index in [1.165, 1.54) is 0 Å². The molecule has 0 aliphatic heterocycles. The van der Waals surface area contributed by atoms with Gasteiger partial charge in [0, 0.05) is 10.6 Å². The summed E-state index contributed by atoms with van der Waals surface area (Å²) in [5, 5.41) is 4.79. The number of hydrogen-bond donors (Lipinski definition) is 1. The predicted molar refractivity (Wildman–Crippen MR) is 81.5 cm³/mol. The highest BCUT2D eigenvalue weighted by Gasteiger charge is 2.18. The molecule has 1 aromatic heterocycles. The number of benzene rings is 2. The SMILES string of the molecule is Cc1ccccc1-c1noc(N)c1-c1ccc(Cl)cc1. The summed E-state index contributed by atoms with van der Waals surface area (Å²) in [6.45, 7) is 2.03. The van der Waals surface area contributed by atoms with Gasteiger partial charge >= 0.3 is 0 Å². The van der Waals surface area contributed by atoms with E-state index in [0.29, 0.717) is 10.9 Å². The van der Waals surface area contributed by atoms with Crippen molar-refractivity contribution in [3.05, 3.63) is 59.1 Å². The first-order valence-corrected chi connectivity index (χ1v) is 6.61. The highest BCUT2D eigenvalue weighted by molar-refractivity contribution is 6.30. The third kappa shape index (κ3) is 2.17. The molecule has 0 unspecified atom stereocenters. The number of aromatic nitrogens is 1. The van der Waals surface area contributed by atoms with Crippen LogP contribution in [0.5, 0.6) is 0 Å². The molecule has 0 atom stereocenters. The fraction of sp³-hybridized carbons (Fsp3) is 0.0625. The van der Waals surface area contributed by atoms with Crippen molar-refractivity contribution in [2.75, 3.05) is 5.73 Å². The average molecular weight is 285 g/mol. The number of nitrogen functional groups attached to an aromatic ring is 1. The molecule has 0 aliphatic rings. The Hall–Kier alpha value is -2.26. The zero-order chi connectivity index (χ0) is 14.1. The van der Waals surface area contributed by atoms with E-state index in [4.69, 9.17) is 21.9 Å². The number of hydrogen-bond acceptors (Lipinski definition) is 3. The van der Waals surface area contributed by atoms with Gasteiger partial charge in [0.2, 0.25) is 5.88 Å².